The fourth-order valence-corrected chi connectivity index (χ4v) is 4.97. The van der Waals surface area contributed by atoms with E-state index >= 15 is 0 Å². The third-order valence-electron chi connectivity index (χ3n) is 6.17. The number of rotatable bonds is 6. The first-order chi connectivity index (χ1) is 13.4. The summed E-state index contributed by atoms with van der Waals surface area (Å²) < 4.78 is 0.827. The first kappa shape index (κ1) is 24.5. The molecule has 1 heterocycles. The summed E-state index contributed by atoms with van der Waals surface area (Å²) in [5.74, 6) is 0.142. The van der Waals surface area contributed by atoms with Crippen molar-refractivity contribution in [2.24, 2.45) is 0 Å². The topological polar surface area (TPSA) is 29.1 Å². The molecular formula is C24H32ClN2OY+. The predicted molar refractivity (Wildman–Crippen MR) is 118 cm³/mol. The van der Waals surface area contributed by atoms with E-state index in [1.54, 1.807) is 0 Å². The molecule has 1 unspecified atom stereocenters. The number of quaternary nitrogens is 1. The molecule has 153 valence electrons. The zero-order valence-corrected chi connectivity index (χ0v) is 21.5. The molecule has 1 saturated heterocycles. The number of benzene rings is 2. The van der Waals surface area contributed by atoms with Crippen LogP contribution >= 0.6 is 11.6 Å². The predicted octanol–water partition coefficient (Wildman–Crippen LogP) is 5.87. The molecule has 5 heteroatoms. The van der Waals surface area contributed by atoms with Crippen LogP contribution in [-0.2, 0) is 44.0 Å². The molecule has 0 spiro atoms. The van der Waals surface area contributed by atoms with Crippen LogP contribution in [0.5, 0.6) is 0 Å². The number of anilines is 1. The van der Waals surface area contributed by atoms with Crippen LogP contribution in [0.1, 0.15) is 49.3 Å². The van der Waals surface area contributed by atoms with E-state index in [2.05, 4.69) is 44.3 Å². The van der Waals surface area contributed by atoms with Crippen molar-refractivity contribution in [3.05, 3.63) is 64.2 Å². The number of hydrogen-bond donors (Lipinski definition) is 1. The first-order valence-electron chi connectivity index (χ1n) is 10.4. The second kappa shape index (κ2) is 11.0. The minimum atomic E-state index is -0.0571. The van der Waals surface area contributed by atoms with E-state index in [1.807, 2.05) is 24.3 Å². The van der Waals surface area contributed by atoms with Gasteiger partial charge in [-0.15, -0.1) is 0 Å². The molecule has 1 aliphatic rings. The Morgan fingerprint density at radius 3 is 2.28 bits per heavy atom. The van der Waals surface area contributed by atoms with Gasteiger partial charge in [0.25, 0.3) is 5.91 Å². The number of aryl methyl sites for hydroxylation is 2. The molecular weight excluding hydrogens is 457 g/mol. The van der Waals surface area contributed by atoms with Gasteiger partial charge in [0.05, 0.1) is 13.1 Å². The van der Waals surface area contributed by atoms with Gasteiger partial charge in [-0.3, -0.25) is 4.79 Å². The number of halogens is 1. The maximum absolute atomic E-state index is 13.5. The summed E-state index contributed by atoms with van der Waals surface area (Å²) in [4.78, 5) is 13.5. The maximum Gasteiger partial charge on any atom is 0.282 e. The van der Waals surface area contributed by atoms with Gasteiger partial charge in [-0.1, -0.05) is 48.9 Å². The van der Waals surface area contributed by atoms with Gasteiger partial charge in [-0.2, -0.15) is 0 Å². The van der Waals surface area contributed by atoms with Crippen LogP contribution < -0.4 is 5.32 Å². The van der Waals surface area contributed by atoms with Crippen LogP contribution in [0.4, 0.5) is 5.69 Å². The van der Waals surface area contributed by atoms with E-state index in [0.29, 0.717) is 0 Å². The largest absolute Gasteiger partial charge is 0.320 e. The zero-order chi connectivity index (χ0) is 20.1. The summed E-state index contributed by atoms with van der Waals surface area (Å²) in [5.41, 5.74) is 4.41. The van der Waals surface area contributed by atoms with Crippen molar-refractivity contribution in [1.29, 1.82) is 0 Å². The minimum absolute atomic E-state index is 0. The van der Waals surface area contributed by atoms with E-state index in [1.165, 1.54) is 24.8 Å². The van der Waals surface area contributed by atoms with Crippen molar-refractivity contribution in [3.8, 4) is 0 Å². The van der Waals surface area contributed by atoms with Gasteiger partial charge in [0, 0.05) is 55.4 Å². The Balaban J connectivity index is 0.00000300. The number of nitrogens with zero attached hydrogens (tertiary/aromatic N) is 1. The third-order valence-corrected chi connectivity index (χ3v) is 6.41. The van der Waals surface area contributed by atoms with Crippen LogP contribution in [0.15, 0.2) is 42.5 Å². The fraction of sp³-hybridized carbons (Fsp3) is 0.458. The second-order valence-electron chi connectivity index (χ2n) is 8.19. The molecule has 2 aromatic rings. The molecule has 2 aromatic carbocycles. The normalized spacial score (nSPS) is 16.6. The number of nitrogens with one attached hydrogen (secondary N) is 1. The Morgan fingerprint density at radius 2 is 1.69 bits per heavy atom. The van der Waals surface area contributed by atoms with Crippen molar-refractivity contribution >= 4 is 23.2 Å². The van der Waals surface area contributed by atoms with Crippen molar-refractivity contribution in [2.45, 2.75) is 59.0 Å². The van der Waals surface area contributed by atoms with Crippen molar-refractivity contribution < 1.29 is 42.0 Å². The van der Waals surface area contributed by atoms with Crippen LogP contribution in [0.2, 0.25) is 5.02 Å². The first-order valence-corrected chi connectivity index (χ1v) is 10.8. The smallest absolute Gasteiger partial charge is 0.282 e. The molecule has 0 aromatic heterocycles. The quantitative estimate of drug-likeness (QED) is 0.506. The van der Waals surface area contributed by atoms with Gasteiger partial charge in [0.2, 0.25) is 0 Å². The fourth-order valence-electron chi connectivity index (χ4n) is 4.76. The molecule has 29 heavy (non-hydrogen) atoms. The number of likely N-dealkylation sites (tertiary alicyclic amines) is 1. The van der Waals surface area contributed by atoms with Gasteiger partial charge >= 0.3 is 0 Å². The number of piperidine rings is 1. The molecule has 1 N–H and O–H groups in total. The maximum atomic E-state index is 13.5. The molecule has 1 amide bonds. The molecule has 0 aliphatic carbocycles. The second-order valence-corrected chi connectivity index (χ2v) is 8.63. The van der Waals surface area contributed by atoms with Gasteiger partial charge in [-0.05, 0) is 56.4 Å². The van der Waals surface area contributed by atoms with Crippen molar-refractivity contribution in [3.63, 3.8) is 0 Å². The summed E-state index contributed by atoms with van der Waals surface area (Å²) >= 11 is 6.24. The summed E-state index contributed by atoms with van der Waals surface area (Å²) in [7, 11) is 0. The van der Waals surface area contributed by atoms with Crippen molar-refractivity contribution in [2.75, 3.05) is 18.4 Å². The SMILES string of the molecule is CCC(C(=O)Nc1c(C)cccc1C)[N+]1(Cc2cccc(Cl)c2)CCCCC1.[Y]. The third kappa shape index (κ3) is 5.91. The molecule has 1 fully saturated rings. The van der Waals surface area contributed by atoms with Crippen LogP contribution in [0.25, 0.3) is 0 Å². The summed E-state index contributed by atoms with van der Waals surface area (Å²) in [6.07, 6.45) is 4.43. The molecule has 1 atom stereocenters. The Morgan fingerprint density at radius 1 is 1.07 bits per heavy atom. The molecule has 3 nitrogen and oxygen atoms in total. The van der Waals surface area contributed by atoms with E-state index in [-0.39, 0.29) is 44.7 Å². The molecule has 0 bridgehead atoms. The van der Waals surface area contributed by atoms with E-state index in [0.717, 1.165) is 52.4 Å². The van der Waals surface area contributed by atoms with Crippen LogP contribution in [-0.4, -0.2) is 29.5 Å². The molecule has 1 aliphatic heterocycles. The summed E-state index contributed by atoms with van der Waals surface area (Å²) in [6.45, 7) is 9.21. The number of carbonyl (C=O) groups is 1. The average Bonchev–Trinajstić information content (AvgIpc) is 2.66. The summed E-state index contributed by atoms with van der Waals surface area (Å²) in [6, 6.07) is 14.2. The van der Waals surface area contributed by atoms with Gasteiger partial charge in [0.15, 0.2) is 6.04 Å². The Bertz CT molecular complexity index is 813. The number of para-hydroxylation sites is 1. The minimum Gasteiger partial charge on any atom is -0.320 e. The Kier molecular flexibility index (Phi) is 9.34. The Labute approximate surface area is 205 Å². The van der Waals surface area contributed by atoms with E-state index in [9.17, 15) is 4.79 Å². The van der Waals surface area contributed by atoms with Gasteiger partial charge in [-0.25, -0.2) is 0 Å². The standard InChI is InChI=1S/C24H31ClN2O.Y/c1-4-22(24(28)26-23-18(2)10-8-11-19(23)3)27(14-6-5-7-15-27)17-20-12-9-13-21(25)16-20;/h8-13,16,22H,4-7,14-15,17H2,1-3H3;/p+1. The monoisotopic (exact) mass is 488 g/mol. The van der Waals surface area contributed by atoms with E-state index in [4.69, 9.17) is 11.6 Å². The van der Waals surface area contributed by atoms with Gasteiger partial charge < -0.3 is 9.80 Å². The molecule has 0 saturated carbocycles. The van der Waals surface area contributed by atoms with Gasteiger partial charge in [0.1, 0.15) is 6.54 Å². The van der Waals surface area contributed by atoms with Crippen molar-refractivity contribution in [1.82, 2.24) is 0 Å². The number of hydrogen-bond acceptors (Lipinski definition) is 1. The molecule has 1 radical (unpaired) electrons. The molecule has 3 rings (SSSR count). The zero-order valence-electron chi connectivity index (χ0n) is 17.9. The van der Waals surface area contributed by atoms with Crippen LogP contribution in [0, 0.1) is 13.8 Å². The average molecular weight is 489 g/mol. The van der Waals surface area contributed by atoms with Crippen LogP contribution in [0.3, 0.4) is 0 Å². The van der Waals surface area contributed by atoms with E-state index < -0.39 is 0 Å². The number of carbonyl (C=O) groups excluding carboxylic acids is 1. The Hall–Kier alpha value is -0.736. The number of amides is 1. The summed E-state index contributed by atoms with van der Waals surface area (Å²) in [5, 5.41) is 4.03.